The largest absolute Gasteiger partial charge is 0.494 e. The van der Waals surface area contributed by atoms with E-state index in [2.05, 4.69) is 0 Å². The van der Waals surface area contributed by atoms with Gasteiger partial charge in [-0.25, -0.2) is 14.2 Å². The normalized spacial score (nSPS) is 11.8. The molecule has 3 rings (SSSR count). The molecule has 0 fully saturated rings. The van der Waals surface area contributed by atoms with Gasteiger partial charge in [-0.05, 0) is 76.1 Å². The van der Waals surface area contributed by atoms with Gasteiger partial charge in [0.25, 0.3) is 0 Å². The molecule has 0 saturated carbocycles. The zero-order valence-electron chi connectivity index (χ0n) is 22.7. The zero-order valence-corrected chi connectivity index (χ0v) is 24.3. The number of aromatic nitrogens is 1. The summed E-state index contributed by atoms with van der Waals surface area (Å²) in [7, 11) is 1.55. The molecule has 1 heterocycles. The molecule has 0 unspecified atom stereocenters. The monoisotopic (exact) mass is 577 g/mol. The Labute approximate surface area is 236 Å². The van der Waals surface area contributed by atoms with Crippen LogP contribution in [0.5, 0.6) is 5.75 Å². The predicted molar refractivity (Wildman–Crippen MR) is 150 cm³/mol. The molecule has 210 valence electrons. The number of rotatable bonds is 10. The number of ether oxygens (including phenoxy) is 3. The summed E-state index contributed by atoms with van der Waals surface area (Å²) in [5.74, 6) is -0.316. The summed E-state index contributed by atoms with van der Waals surface area (Å²) in [6, 6.07) is 11.4. The molecule has 0 aliphatic heterocycles. The van der Waals surface area contributed by atoms with Crippen molar-refractivity contribution in [1.29, 1.82) is 0 Å². The predicted octanol–water partition coefficient (Wildman–Crippen LogP) is 6.44. The summed E-state index contributed by atoms with van der Waals surface area (Å²) < 4.78 is 31.6. The number of halogens is 2. The second-order valence-electron chi connectivity index (χ2n) is 9.55. The maximum Gasteiger partial charge on any atom is 0.410 e. The SMILES string of the molecule is CCOC(=O)CN(CCCn1c(-c2ccc(F)cc2)csc1=Nc1ccc(Cl)cc1OC)C(=O)OC(C)(C)C. The molecule has 0 radical (unpaired) electrons. The first-order valence-corrected chi connectivity index (χ1v) is 13.7. The summed E-state index contributed by atoms with van der Waals surface area (Å²) in [6.45, 7) is 7.69. The van der Waals surface area contributed by atoms with Crippen molar-refractivity contribution >= 4 is 40.7 Å². The van der Waals surface area contributed by atoms with Crippen LogP contribution in [0.2, 0.25) is 5.02 Å². The number of carbonyl (C=O) groups excluding carboxylic acids is 2. The number of amides is 1. The Hall–Kier alpha value is -3.37. The Morgan fingerprint density at radius 2 is 1.87 bits per heavy atom. The van der Waals surface area contributed by atoms with Crippen LogP contribution >= 0.6 is 22.9 Å². The molecular weight excluding hydrogens is 545 g/mol. The van der Waals surface area contributed by atoms with E-state index in [9.17, 15) is 14.0 Å². The van der Waals surface area contributed by atoms with Gasteiger partial charge in [0.05, 0.1) is 19.4 Å². The van der Waals surface area contributed by atoms with E-state index in [0.29, 0.717) is 34.2 Å². The average molecular weight is 578 g/mol. The van der Waals surface area contributed by atoms with Gasteiger partial charge in [0.15, 0.2) is 4.80 Å². The maximum absolute atomic E-state index is 13.6. The Kier molecular flexibility index (Phi) is 10.5. The van der Waals surface area contributed by atoms with Crippen molar-refractivity contribution in [2.24, 2.45) is 4.99 Å². The van der Waals surface area contributed by atoms with Crippen LogP contribution in [0.25, 0.3) is 11.3 Å². The highest BCUT2D eigenvalue weighted by atomic mass is 35.5. The number of hydrogen-bond acceptors (Lipinski definition) is 7. The molecule has 0 spiro atoms. The lowest BCUT2D eigenvalue weighted by atomic mass is 10.1. The highest BCUT2D eigenvalue weighted by Crippen LogP contribution is 2.30. The number of benzene rings is 2. The topological polar surface area (TPSA) is 82.4 Å². The molecule has 39 heavy (non-hydrogen) atoms. The lowest BCUT2D eigenvalue weighted by Gasteiger charge is -2.27. The van der Waals surface area contributed by atoms with Gasteiger partial charge in [-0.3, -0.25) is 9.69 Å². The average Bonchev–Trinajstić information content (AvgIpc) is 3.26. The number of thiazole rings is 1. The molecule has 1 amide bonds. The Bertz CT molecular complexity index is 1350. The Morgan fingerprint density at radius 3 is 2.51 bits per heavy atom. The fourth-order valence-electron chi connectivity index (χ4n) is 3.68. The standard InChI is InChI=1S/C28H33ClFN3O5S/c1-6-37-25(34)17-32(27(35)38-28(2,3)4)14-7-15-33-23(19-8-11-21(30)12-9-19)18-39-26(33)31-22-13-10-20(29)16-24(22)36-5/h8-13,16,18H,6-7,14-15,17H2,1-5H3. The van der Waals surface area contributed by atoms with Crippen LogP contribution < -0.4 is 9.54 Å². The molecule has 0 aliphatic carbocycles. The lowest BCUT2D eigenvalue weighted by Crippen LogP contribution is -2.41. The first kappa shape index (κ1) is 30.2. The van der Waals surface area contributed by atoms with Crippen molar-refractivity contribution in [3.05, 3.63) is 63.5 Å². The molecule has 8 nitrogen and oxygen atoms in total. The van der Waals surface area contributed by atoms with E-state index in [1.807, 2.05) is 9.95 Å². The van der Waals surface area contributed by atoms with Gasteiger partial charge < -0.3 is 18.8 Å². The van der Waals surface area contributed by atoms with Crippen molar-refractivity contribution in [3.8, 4) is 17.0 Å². The maximum atomic E-state index is 13.6. The van der Waals surface area contributed by atoms with E-state index < -0.39 is 17.7 Å². The van der Waals surface area contributed by atoms with Crippen molar-refractivity contribution in [1.82, 2.24) is 9.47 Å². The smallest absolute Gasteiger partial charge is 0.410 e. The first-order chi connectivity index (χ1) is 18.5. The van der Waals surface area contributed by atoms with Crippen LogP contribution in [-0.2, 0) is 20.8 Å². The number of hydrogen-bond donors (Lipinski definition) is 0. The summed E-state index contributed by atoms with van der Waals surface area (Å²) in [4.78, 5) is 31.8. The van der Waals surface area contributed by atoms with Gasteiger partial charge in [-0.1, -0.05) is 11.6 Å². The molecule has 1 aromatic heterocycles. The Morgan fingerprint density at radius 1 is 1.15 bits per heavy atom. The third-order valence-corrected chi connectivity index (χ3v) is 6.48. The molecule has 0 atom stereocenters. The number of carbonyl (C=O) groups is 2. The van der Waals surface area contributed by atoms with Crippen molar-refractivity contribution in [3.63, 3.8) is 0 Å². The molecule has 0 bridgehead atoms. The van der Waals surface area contributed by atoms with E-state index in [4.69, 9.17) is 30.8 Å². The lowest BCUT2D eigenvalue weighted by molar-refractivity contribution is -0.144. The van der Waals surface area contributed by atoms with E-state index in [1.165, 1.54) is 28.4 Å². The van der Waals surface area contributed by atoms with Gasteiger partial charge in [0, 0.05) is 29.6 Å². The van der Waals surface area contributed by atoms with Gasteiger partial charge in [0.1, 0.15) is 29.4 Å². The third kappa shape index (κ3) is 8.83. The third-order valence-electron chi connectivity index (χ3n) is 5.38. The summed E-state index contributed by atoms with van der Waals surface area (Å²) in [6.07, 6.45) is -0.116. The van der Waals surface area contributed by atoms with E-state index in [1.54, 1.807) is 65.1 Å². The fraction of sp³-hybridized carbons (Fsp3) is 0.393. The van der Waals surface area contributed by atoms with Crippen LogP contribution in [0.3, 0.4) is 0 Å². The molecular formula is C28H33ClFN3O5S. The fourth-order valence-corrected chi connectivity index (χ4v) is 4.79. The van der Waals surface area contributed by atoms with Crippen LogP contribution in [-0.4, -0.2) is 53.9 Å². The minimum absolute atomic E-state index is 0.214. The van der Waals surface area contributed by atoms with E-state index in [-0.39, 0.29) is 25.5 Å². The quantitative estimate of drug-likeness (QED) is 0.259. The van der Waals surface area contributed by atoms with Gasteiger partial charge in [-0.2, -0.15) is 0 Å². The van der Waals surface area contributed by atoms with Crippen LogP contribution in [0.1, 0.15) is 34.1 Å². The molecule has 11 heteroatoms. The summed E-state index contributed by atoms with van der Waals surface area (Å²) >= 11 is 7.53. The molecule has 0 saturated heterocycles. The van der Waals surface area contributed by atoms with Crippen molar-refractivity contribution < 1.29 is 28.2 Å². The van der Waals surface area contributed by atoms with Gasteiger partial charge in [-0.15, -0.1) is 11.3 Å². The minimum Gasteiger partial charge on any atom is -0.494 e. The highest BCUT2D eigenvalue weighted by molar-refractivity contribution is 7.07. The summed E-state index contributed by atoms with van der Waals surface area (Å²) in [5.41, 5.74) is 1.53. The Balaban J connectivity index is 1.94. The zero-order chi connectivity index (χ0) is 28.6. The molecule has 2 aromatic carbocycles. The molecule has 0 N–H and O–H groups in total. The van der Waals surface area contributed by atoms with Crippen molar-refractivity contribution in [2.45, 2.75) is 46.3 Å². The number of esters is 1. The highest BCUT2D eigenvalue weighted by Gasteiger charge is 2.24. The second kappa shape index (κ2) is 13.6. The van der Waals surface area contributed by atoms with E-state index >= 15 is 0 Å². The van der Waals surface area contributed by atoms with Crippen LogP contribution in [0, 0.1) is 5.82 Å². The van der Waals surface area contributed by atoms with Crippen LogP contribution in [0.15, 0.2) is 52.8 Å². The molecule has 3 aromatic rings. The van der Waals surface area contributed by atoms with Gasteiger partial charge in [0.2, 0.25) is 0 Å². The van der Waals surface area contributed by atoms with Gasteiger partial charge >= 0.3 is 12.1 Å². The minimum atomic E-state index is -0.717. The number of methoxy groups -OCH3 is 1. The second-order valence-corrected chi connectivity index (χ2v) is 10.8. The molecule has 0 aliphatic rings. The first-order valence-electron chi connectivity index (χ1n) is 12.5. The number of nitrogens with zero attached hydrogens (tertiary/aromatic N) is 3. The van der Waals surface area contributed by atoms with E-state index in [0.717, 1.165) is 11.3 Å². The van der Waals surface area contributed by atoms with Crippen molar-refractivity contribution in [2.75, 3.05) is 26.8 Å². The summed E-state index contributed by atoms with van der Waals surface area (Å²) in [5, 5.41) is 2.47. The van der Waals surface area contributed by atoms with Crippen LogP contribution in [0.4, 0.5) is 14.9 Å².